The average molecular weight is 262 g/mol. The fraction of sp³-hybridized carbons (Fsp3) is 0.824. The zero-order chi connectivity index (χ0) is 13.7. The molecule has 2 nitrogen and oxygen atoms in total. The minimum Gasteiger partial charge on any atom is -0.342 e. The molecule has 0 heterocycles. The van der Waals surface area contributed by atoms with Crippen molar-refractivity contribution in [1.82, 2.24) is 4.90 Å². The van der Waals surface area contributed by atoms with Gasteiger partial charge in [-0.2, -0.15) is 0 Å². The highest BCUT2D eigenvalue weighted by Crippen LogP contribution is 2.34. The summed E-state index contributed by atoms with van der Waals surface area (Å²) in [6, 6.07) is 0.495. The Labute approximate surface area is 118 Å². The SMILES string of the molecule is CCCCC1CCCC1N(C)C(=O)C1C=[C]CCC1. The van der Waals surface area contributed by atoms with Gasteiger partial charge >= 0.3 is 0 Å². The van der Waals surface area contributed by atoms with Gasteiger partial charge in [0.15, 0.2) is 0 Å². The molecule has 0 N–H and O–H groups in total. The van der Waals surface area contributed by atoms with E-state index in [4.69, 9.17) is 0 Å². The molecule has 0 aromatic carbocycles. The quantitative estimate of drug-likeness (QED) is 0.734. The molecule has 2 rings (SSSR count). The first kappa shape index (κ1) is 14.6. The van der Waals surface area contributed by atoms with Crippen LogP contribution in [0.4, 0.5) is 0 Å². The molecule has 19 heavy (non-hydrogen) atoms. The lowest BCUT2D eigenvalue weighted by molar-refractivity contribution is -0.135. The summed E-state index contributed by atoms with van der Waals surface area (Å²) < 4.78 is 0. The number of hydrogen-bond donors (Lipinski definition) is 0. The van der Waals surface area contributed by atoms with Crippen molar-refractivity contribution in [3.8, 4) is 0 Å². The van der Waals surface area contributed by atoms with Crippen molar-refractivity contribution in [1.29, 1.82) is 0 Å². The predicted octanol–water partition coefficient (Wildman–Crippen LogP) is 3.96. The fourth-order valence-electron chi connectivity index (χ4n) is 3.68. The van der Waals surface area contributed by atoms with Crippen LogP contribution < -0.4 is 0 Å². The summed E-state index contributed by atoms with van der Waals surface area (Å²) in [5.74, 6) is 1.18. The second-order valence-electron chi connectivity index (χ2n) is 6.22. The molecular weight excluding hydrogens is 234 g/mol. The number of hydrogen-bond acceptors (Lipinski definition) is 1. The van der Waals surface area contributed by atoms with Gasteiger partial charge in [-0.15, -0.1) is 0 Å². The van der Waals surface area contributed by atoms with E-state index in [9.17, 15) is 4.79 Å². The van der Waals surface area contributed by atoms with Crippen LogP contribution in [0, 0.1) is 17.9 Å². The van der Waals surface area contributed by atoms with E-state index in [0.29, 0.717) is 11.9 Å². The minimum atomic E-state index is 0.103. The molecule has 0 aliphatic heterocycles. The number of unbranched alkanes of at least 4 members (excludes halogenated alkanes) is 1. The van der Waals surface area contributed by atoms with Crippen molar-refractivity contribution >= 4 is 5.91 Å². The largest absolute Gasteiger partial charge is 0.342 e. The Morgan fingerprint density at radius 3 is 2.84 bits per heavy atom. The van der Waals surface area contributed by atoms with Crippen molar-refractivity contribution in [3.63, 3.8) is 0 Å². The third-order valence-electron chi connectivity index (χ3n) is 4.86. The molecule has 0 aromatic heterocycles. The van der Waals surface area contributed by atoms with Gasteiger partial charge in [0.2, 0.25) is 5.91 Å². The molecule has 3 atom stereocenters. The predicted molar refractivity (Wildman–Crippen MR) is 78.6 cm³/mol. The molecule has 1 amide bonds. The standard InChI is InChI=1S/C17H28NO/c1-3-4-9-14-12-8-13-16(14)18(2)17(19)15-10-6-5-7-11-15/h11,14-16H,3-6,8-10,12-13H2,1-2H3. The van der Waals surface area contributed by atoms with Crippen molar-refractivity contribution in [3.05, 3.63) is 12.2 Å². The molecule has 1 fully saturated rings. The van der Waals surface area contributed by atoms with Crippen molar-refractivity contribution in [2.75, 3.05) is 7.05 Å². The van der Waals surface area contributed by atoms with Gasteiger partial charge in [0.05, 0.1) is 5.92 Å². The normalized spacial score (nSPS) is 30.5. The van der Waals surface area contributed by atoms with Crippen LogP contribution in [-0.2, 0) is 4.79 Å². The van der Waals surface area contributed by atoms with E-state index in [0.717, 1.165) is 25.2 Å². The van der Waals surface area contributed by atoms with Crippen LogP contribution in [0.5, 0.6) is 0 Å². The van der Waals surface area contributed by atoms with Gasteiger partial charge in [0.25, 0.3) is 0 Å². The van der Waals surface area contributed by atoms with Crippen LogP contribution in [0.15, 0.2) is 6.08 Å². The molecule has 3 unspecified atom stereocenters. The van der Waals surface area contributed by atoms with E-state index >= 15 is 0 Å². The van der Waals surface area contributed by atoms with Crippen LogP contribution in [0.25, 0.3) is 0 Å². The van der Waals surface area contributed by atoms with E-state index in [1.54, 1.807) is 0 Å². The Morgan fingerprint density at radius 1 is 1.32 bits per heavy atom. The van der Waals surface area contributed by atoms with Crippen molar-refractivity contribution in [2.45, 2.75) is 70.8 Å². The van der Waals surface area contributed by atoms with E-state index in [2.05, 4.69) is 17.9 Å². The molecule has 0 saturated heterocycles. The summed E-state index contributed by atoms with van der Waals surface area (Å²) >= 11 is 0. The van der Waals surface area contributed by atoms with Gasteiger partial charge in [0.1, 0.15) is 0 Å². The summed E-state index contributed by atoms with van der Waals surface area (Å²) in [6.07, 6.45) is 16.1. The van der Waals surface area contributed by atoms with Gasteiger partial charge < -0.3 is 4.90 Å². The molecule has 2 aliphatic rings. The first-order chi connectivity index (χ1) is 9.24. The molecular formula is C17H28NO. The van der Waals surface area contributed by atoms with Gasteiger partial charge in [-0.25, -0.2) is 0 Å². The number of carbonyl (C=O) groups excluding carboxylic acids is 1. The van der Waals surface area contributed by atoms with Crippen LogP contribution in [0.3, 0.4) is 0 Å². The topological polar surface area (TPSA) is 20.3 Å². The molecule has 0 bridgehead atoms. The van der Waals surface area contributed by atoms with Crippen LogP contribution in [0.1, 0.15) is 64.7 Å². The summed E-state index contributed by atoms with van der Waals surface area (Å²) in [6.45, 7) is 2.25. The first-order valence-corrected chi connectivity index (χ1v) is 8.07. The Balaban J connectivity index is 1.93. The summed E-state index contributed by atoms with van der Waals surface area (Å²) in [4.78, 5) is 14.6. The molecule has 1 radical (unpaired) electrons. The third kappa shape index (κ3) is 3.61. The van der Waals surface area contributed by atoms with Crippen LogP contribution >= 0.6 is 0 Å². The van der Waals surface area contributed by atoms with Gasteiger partial charge in [-0.1, -0.05) is 32.3 Å². The fourth-order valence-corrected chi connectivity index (χ4v) is 3.68. The van der Waals surface area contributed by atoms with E-state index in [-0.39, 0.29) is 5.92 Å². The van der Waals surface area contributed by atoms with Crippen molar-refractivity contribution < 1.29 is 4.79 Å². The smallest absolute Gasteiger partial charge is 0.229 e. The highest BCUT2D eigenvalue weighted by molar-refractivity contribution is 5.80. The number of allylic oxidation sites excluding steroid dienone is 1. The maximum atomic E-state index is 12.6. The molecule has 2 heteroatoms. The Bertz CT molecular complexity index is 323. The lowest BCUT2D eigenvalue weighted by Gasteiger charge is -2.32. The van der Waals surface area contributed by atoms with E-state index in [1.165, 1.54) is 38.5 Å². The monoisotopic (exact) mass is 262 g/mol. The summed E-state index contributed by atoms with van der Waals surface area (Å²) in [5, 5.41) is 0. The zero-order valence-electron chi connectivity index (χ0n) is 12.5. The van der Waals surface area contributed by atoms with Gasteiger partial charge in [-0.3, -0.25) is 4.79 Å². The zero-order valence-corrected chi connectivity index (χ0v) is 12.5. The highest BCUT2D eigenvalue weighted by Gasteiger charge is 2.34. The van der Waals surface area contributed by atoms with E-state index < -0.39 is 0 Å². The molecule has 0 spiro atoms. The number of nitrogens with zero attached hydrogens (tertiary/aromatic N) is 1. The van der Waals surface area contributed by atoms with Gasteiger partial charge in [-0.05, 0) is 50.5 Å². The van der Waals surface area contributed by atoms with Crippen molar-refractivity contribution in [2.24, 2.45) is 11.8 Å². The van der Waals surface area contributed by atoms with E-state index in [1.807, 2.05) is 13.1 Å². The Kier molecular flexibility index (Phi) is 5.47. The van der Waals surface area contributed by atoms with Crippen LogP contribution in [-0.4, -0.2) is 23.9 Å². The summed E-state index contributed by atoms with van der Waals surface area (Å²) in [5.41, 5.74) is 0. The Morgan fingerprint density at radius 2 is 2.16 bits per heavy atom. The maximum Gasteiger partial charge on any atom is 0.229 e. The molecule has 0 aromatic rings. The summed E-state index contributed by atoms with van der Waals surface area (Å²) in [7, 11) is 2.03. The third-order valence-corrected chi connectivity index (χ3v) is 4.86. The van der Waals surface area contributed by atoms with Gasteiger partial charge in [0, 0.05) is 13.1 Å². The number of carbonyl (C=O) groups is 1. The second-order valence-corrected chi connectivity index (χ2v) is 6.22. The molecule has 2 aliphatic carbocycles. The first-order valence-electron chi connectivity index (χ1n) is 8.07. The lowest BCUT2D eigenvalue weighted by Crippen LogP contribution is -2.42. The maximum absolute atomic E-state index is 12.6. The molecule has 1 saturated carbocycles. The second kappa shape index (κ2) is 7.12. The van der Waals surface area contributed by atoms with Crippen LogP contribution in [0.2, 0.25) is 0 Å². The lowest BCUT2D eigenvalue weighted by atomic mass is 9.92. The Hall–Kier alpha value is -0.790. The number of rotatable bonds is 5. The minimum absolute atomic E-state index is 0.103. The average Bonchev–Trinajstić information content (AvgIpc) is 2.92. The highest BCUT2D eigenvalue weighted by atomic mass is 16.2. The number of amides is 1. The molecule has 107 valence electrons.